The predicted octanol–water partition coefficient (Wildman–Crippen LogP) is 4.65. The number of anilines is 1. The second-order valence-corrected chi connectivity index (χ2v) is 7.38. The number of nitrogens with one attached hydrogen (secondary N) is 2. The summed E-state index contributed by atoms with van der Waals surface area (Å²) in [6, 6.07) is 7.33. The topological polar surface area (TPSA) is 44.0 Å². The minimum absolute atomic E-state index is 0.208. The van der Waals surface area contributed by atoms with E-state index in [2.05, 4.69) is 40.2 Å². The molecule has 138 valence electrons. The summed E-state index contributed by atoms with van der Waals surface area (Å²) in [5, 5.41) is 4.52. The van der Waals surface area contributed by atoms with Crippen LogP contribution in [-0.2, 0) is 0 Å². The van der Waals surface area contributed by atoms with Gasteiger partial charge in [0.15, 0.2) is 0 Å². The lowest BCUT2D eigenvalue weighted by Crippen LogP contribution is -2.25. The normalized spacial score (nSPS) is 19.0. The van der Waals surface area contributed by atoms with Crippen molar-refractivity contribution in [3.63, 3.8) is 0 Å². The molecule has 1 atom stereocenters. The van der Waals surface area contributed by atoms with Gasteiger partial charge in [-0.1, -0.05) is 13.0 Å². The molecule has 0 radical (unpaired) electrons. The van der Waals surface area contributed by atoms with Crippen LogP contribution in [0, 0.1) is 5.82 Å². The van der Waals surface area contributed by atoms with Gasteiger partial charge in [0.25, 0.3) is 0 Å². The number of hydrogen-bond acceptors (Lipinski definition) is 3. The molecule has 4 nitrogen and oxygen atoms in total. The molecule has 4 heterocycles. The molecule has 2 N–H and O–H groups in total. The van der Waals surface area contributed by atoms with Gasteiger partial charge in [0.05, 0.1) is 6.04 Å². The molecule has 0 bridgehead atoms. The van der Waals surface area contributed by atoms with E-state index < -0.39 is 0 Å². The SMILES string of the molecule is CC[C@@H]1c2c(C3=CCNCC3)[nH]c3nccc(c23)-c2cc(F)ccc2N1C. The summed E-state index contributed by atoms with van der Waals surface area (Å²) in [6.07, 6.45) is 6.05. The summed E-state index contributed by atoms with van der Waals surface area (Å²) in [6.45, 7) is 4.09. The maximum atomic E-state index is 14.1. The molecular weight excluding hydrogens is 339 g/mol. The van der Waals surface area contributed by atoms with Crippen LogP contribution in [0.25, 0.3) is 27.7 Å². The first-order valence-electron chi connectivity index (χ1n) is 9.62. The number of pyridine rings is 1. The number of nitrogens with zero attached hydrogens (tertiary/aromatic N) is 2. The summed E-state index contributed by atoms with van der Waals surface area (Å²) in [5.74, 6) is -0.208. The Bertz CT molecular complexity index is 1070. The average Bonchev–Trinajstić information content (AvgIpc) is 3.04. The third kappa shape index (κ3) is 2.42. The highest BCUT2D eigenvalue weighted by Crippen LogP contribution is 2.48. The lowest BCUT2D eigenvalue weighted by molar-refractivity contribution is 0.625. The number of H-pyrrole nitrogens is 1. The van der Waals surface area contributed by atoms with Crippen LogP contribution in [0.15, 0.2) is 36.5 Å². The number of fused-ring (bicyclic) bond motifs is 2. The molecule has 0 aliphatic carbocycles. The Kier molecular flexibility index (Phi) is 3.79. The molecule has 2 aliphatic rings. The second-order valence-electron chi connectivity index (χ2n) is 7.38. The van der Waals surface area contributed by atoms with E-state index in [1.54, 1.807) is 12.1 Å². The molecule has 0 saturated heterocycles. The van der Waals surface area contributed by atoms with Gasteiger partial charge >= 0.3 is 0 Å². The van der Waals surface area contributed by atoms with Crippen LogP contribution >= 0.6 is 0 Å². The molecule has 5 rings (SSSR count). The van der Waals surface area contributed by atoms with Crippen LogP contribution in [-0.4, -0.2) is 30.1 Å². The van der Waals surface area contributed by atoms with Gasteiger partial charge in [-0.2, -0.15) is 0 Å². The Morgan fingerprint density at radius 1 is 1.26 bits per heavy atom. The molecule has 1 aromatic carbocycles. The van der Waals surface area contributed by atoms with E-state index in [4.69, 9.17) is 0 Å². The van der Waals surface area contributed by atoms with Crippen LogP contribution in [0.4, 0.5) is 10.1 Å². The Morgan fingerprint density at radius 3 is 2.93 bits per heavy atom. The minimum Gasteiger partial charge on any atom is -0.367 e. The van der Waals surface area contributed by atoms with Gasteiger partial charge in [-0.25, -0.2) is 9.37 Å². The van der Waals surface area contributed by atoms with E-state index >= 15 is 0 Å². The van der Waals surface area contributed by atoms with E-state index in [1.165, 1.54) is 16.8 Å². The van der Waals surface area contributed by atoms with Crippen molar-refractivity contribution < 1.29 is 4.39 Å². The van der Waals surface area contributed by atoms with E-state index in [0.29, 0.717) is 0 Å². The third-order valence-electron chi connectivity index (χ3n) is 5.93. The van der Waals surface area contributed by atoms with E-state index in [0.717, 1.165) is 53.8 Å². The van der Waals surface area contributed by atoms with Crippen molar-refractivity contribution in [2.24, 2.45) is 0 Å². The zero-order chi connectivity index (χ0) is 18.5. The molecule has 0 fully saturated rings. The van der Waals surface area contributed by atoms with Crippen molar-refractivity contribution >= 4 is 22.3 Å². The van der Waals surface area contributed by atoms with E-state index in [9.17, 15) is 4.39 Å². The smallest absolute Gasteiger partial charge is 0.138 e. The highest BCUT2D eigenvalue weighted by molar-refractivity contribution is 6.03. The van der Waals surface area contributed by atoms with Gasteiger partial charge in [-0.3, -0.25) is 0 Å². The lowest BCUT2D eigenvalue weighted by atomic mass is 9.93. The first-order chi connectivity index (χ1) is 13.2. The fraction of sp³-hybridized carbons (Fsp3) is 0.318. The van der Waals surface area contributed by atoms with Gasteiger partial charge in [-0.05, 0) is 54.8 Å². The molecule has 2 aliphatic heterocycles. The maximum Gasteiger partial charge on any atom is 0.138 e. The van der Waals surface area contributed by atoms with Crippen molar-refractivity contribution in [1.29, 1.82) is 0 Å². The maximum absolute atomic E-state index is 14.1. The number of halogens is 1. The number of hydrogen-bond donors (Lipinski definition) is 2. The molecule has 2 aromatic heterocycles. The number of aromatic nitrogens is 2. The summed E-state index contributed by atoms with van der Waals surface area (Å²) < 4.78 is 14.1. The zero-order valence-electron chi connectivity index (χ0n) is 15.6. The first-order valence-corrected chi connectivity index (χ1v) is 9.62. The minimum atomic E-state index is -0.208. The summed E-state index contributed by atoms with van der Waals surface area (Å²) >= 11 is 0. The predicted molar refractivity (Wildman–Crippen MR) is 108 cm³/mol. The van der Waals surface area contributed by atoms with Gasteiger partial charge in [0.2, 0.25) is 0 Å². The number of benzene rings is 1. The Balaban J connectivity index is 1.88. The molecular formula is C22H23FN4. The van der Waals surface area contributed by atoms with Crippen LogP contribution in [0.2, 0.25) is 0 Å². The summed E-state index contributed by atoms with van der Waals surface area (Å²) in [4.78, 5) is 10.5. The van der Waals surface area contributed by atoms with Crippen LogP contribution in [0.5, 0.6) is 0 Å². The highest BCUT2D eigenvalue weighted by atomic mass is 19.1. The largest absolute Gasteiger partial charge is 0.367 e. The summed E-state index contributed by atoms with van der Waals surface area (Å²) in [7, 11) is 2.11. The van der Waals surface area contributed by atoms with E-state index in [1.807, 2.05) is 18.3 Å². The fourth-order valence-corrected chi connectivity index (χ4v) is 4.67. The quantitative estimate of drug-likeness (QED) is 0.698. The van der Waals surface area contributed by atoms with Gasteiger partial charge in [-0.15, -0.1) is 0 Å². The fourth-order valence-electron chi connectivity index (χ4n) is 4.67. The Labute approximate surface area is 158 Å². The van der Waals surface area contributed by atoms with Gasteiger partial charge in [0.1, 0.15) is 11.5 Å². The number of aromatic amines is 1. The monoisotopic (exact) mass is 362 g/mol. The molecule has 0 amide bonds. The molecule has 0 unspecified atom stereocenters. The van der Waals surface area contributed by atoms with Crippen molar-refractivity contribution in [2.45, 2.75) is 25.8 Å². The van der Waals surface area contributed by atoms with Crippen LogP contribution in [0.1, 0.15) is 37.1 Å². The molecule has 27 heavy (non-hydrogen) atoms. The zero-order valence-corrected chi connectivity index (χ0v) is 15.6. The Hall–Kier alpha value is -2.66. The summed E-state index contributed by atoms with van der Waals surface area (Å²) in [5.41, 5.74) is 7.78. The Morgan fingerprint density at radius 2 is 2.15 bits per heavy atom. The standard InChI is InChI=1S/C22H23FN4/c1-3-17-20-19-15(16-12-14(23)4-5-18(16)27(17)2)8-11-25-22(19)26-21(20)13-6-9-24-10-7-13/h4-6,8,11-12,17,24H,3,7,9-10H2,1-2H3,(H,25,26)/t17-/m1/s1. The second kappa shape index (κ2) is 6.20. The van der Waals surface area contributed by atoms with Crippen molar-refractivity contribution in [3.8, 4) is 11.1 Å². The van der Waals surface area contributed by atoms with Gasteiger partial charge in [0, 0.05) is 47.7 Å². The van der Waals surface area contributed by atoms with Crippen molar-refractivity contribution in [3.05, 3.63) is 53.6 Å². The highest BCUT2D eigenvalue weighted by Gasteiger charge is 2.31. The van der Waals surface area contributed by atoms with Crippen LogP contribution in [0.3, 0.4) is 0 Å². The van der Waals surface area contributed by atoms with Crippen molar-refractivity contribution in [2.75, 3.05) is 25.0 Å². The molecule has 5 heteroatoms. The average molecular weight is 362 g/mol. The number of rotatable bonds is 2. The first kappa shape index (κ1) is 16.5. The molecule has 0 spiro atoms. The third-order valence-corrected chi connectivity index (χ3v) is 5.93. The molecule has 0 saturated carbocycles. The van der Waals surface area contributed by atoms with Crippen LogP contribution < -0.4 is 10.2 Å². The molecule has 3 aromatic rings. The van der Waals surface area contributed by atoms with Gasteiger partial charge < -0.3 is 15.2 Å². The lowest BCUT2D eigenvalue weighted by Gasteiger charge is -2.30. The van der Waals surface area contributed by atoms with Crippen molar-refractivity contribution in [1.82, 2.24) is 15.3 Å². The van der Waals surface area contributed by atoms with E-state index in [-0.39, 0.29) is 11.9 Å².